The van der Waals surface area contributed by atoms with Gasteiger partial charge in [0.05, 0.1) is 36.6 Å². The number of anilines is 2. The normalized spacial score (nSPS) is 14.9. The van der Waals surface area contributed by atoms with Gasteiger partial charge in [-0.05, 0) is 48.7 Å². The van der Waals surface area contributed by atoms with E-state index in [0.29, 0.717) is 40.2 Å². The summed E-state index contributed by atoms with van der Waals surface area (Å²) in [5.41, 5.74) is 2.45. The highest BCUT2D eigenvalue weighted by atomic mass is 32.1. The van der Waals surface area contributed by atoms with Crippen LogP contribution in [0.1, 0.15) is 18.5 Å². The second kappa shape index (κ2) is 8.99. The minimum atomic E-state index is -0.612. The van der Waals surface area contributed by atoms with E-state index in [0.717, 1.165) is 10.4 Å². The summed E-state index contributed by atoms with van der Waals surface area (Å²) in [4.78, 5) is 23.3. The molecule has 2 N–H and O–H groups in total. The SMILES string of the molecule is COc1ccc(OC)c(C2C(C(=O)Nc3cccnc3)=C(C)Nc3nc(-c4cccs4)nn32)c1. The number of rotatable bonds is 6. The number of ether oxygens (including phenoxy) is 2. The van der Waals surface area contributed by atoms with E-state index in [1.54, 1.807) is 54.8 Å². The number of thiophene rings is 1. The van der Waals surface area contributed by atoms with Crippen molar-refractivity contribution < 1.29 is 14.3 Å². The Bertz CT molecular complexity index is 1360. The van der Waals surface area contributed by atoms with E-state index >= 15 is 0 Å². The molecule has 172 valence electrons. The van der Waals surface area contributed by atoms with Crippen LogP contribution in [-0.4, -0.2) is 39.9 Å². The number of aromatic nitrogens is 4. The van der Waals surface area contributed by atoms with Crippen LogP contribution in [0.4, 0.5) is 11.6 Å². The summed E-state index contributed by atoms with van der Waals surface area (Å²) in [5.74, 6) is 2.07. The molecule has 1 unspecified atom stereocenters. The summed E-state index contributed by atoms with van der Waals surface area (Å²) < 4.78 is 12.9. The zero-order valence-electron chi connectivity index (χ0n) is 18.8. The number of benzene rings is 1. The van der Waals surface area contributed by atoms with Gasteiger partial charge in [-0.1, -0.05) is 6.07 Å². The van der Waals surface area contributed by atoms with Gasteiger partial charge in [0, 0.05) is 17.5 Å². The van der Waals surface area contributed by atoms with Crippen LogP contribution in [0, 0.1) is 0 Å². The van der Waals surface area contributed by atoms with E-state index < -0.39 is 6.04 Å². The smallest absolute Gasteiger partial charge is 0.255 e. The fourth-order valence-corrected chi connectivity index (χ4v) is 4.58. The van der Waals surface area contributed by atoms with Gasteiger partial charge in [0.1, 0.15) is 17.5 Å². The molecule has 3 aromatic heterocycles. The molecule has 4 heterocycles. The fourth-order valence-electron chi connectivity index (χ4n) is 3.93. The first-order chi connectivity index (χ1) is 16.6. The first-order valence-corrected chi connectivity index (χ1v) is 11.4. The number of carbonyl (C=O) groups excluding carboxylic acids is 1. The van der Waals surface area contributed by atoms with Crippen LogP contribution in [0.15, 0.2) is 71.5 Å². The van der Waals surface area contributed by atoms with Crippen LogP contribution in [0.3, 0.4) is 0 Å². The number of fused-ring (bicyclic) bond motifs is 1. The summed E-state index contributed by atoms with van der Waals surface area (Å²) in [6.45, 7) is 1.85. The predicted molar refractivity (Wildman–Crippen MR) is 130 cm³/mol. The maximum absolute atomic E-state index is 13.6. The third-order valence-electron chi connectivity index (χ3n) is 5.49. The van der Waals surface area contributed by atoms with Crippen molar-refractivity contribution in [2.75, 3.05) is 24.9 Å². The summed E-state index contributed by atoms with van der Waals surface area (Å²) in [5, 5.41) is 13.0. The van der Waals surface area contributed by atoms with Crippen molar-refractivity contribution in [2.45, 2.75) is 13.0 Å². The molecule has 5 rings (SSSR count). The van der Waals surface area contributed by atoms with Crippen LogP contribution in [0.25, 0.3) is 10.7 Å². The molecule has 1 aromatic carbocycles. The Morgan fingerprint density at radius 2 is 2.06 bits per heavy atom. The number of methoxy groups -OCH3 is 2. The van der Waals surface area contributed by atoms with Gasteiger partial charge in [-0.3, -0.25) is 9.78 Å². The average Bonchev–Trinajstić information content (AvgIpc) is 3.53. The lowest BCUT2D eigenvalue weighted by Gasteiger charge is -2.29. The standard InChI is InChI=1S/C24H22N6O3S/c1-14-20(23(31)27-15-6-4-10-25-13-15)21(17-12-16(32-2)8-9-18(17)33-3)30-24(26-14)28-22(29-30)19-7-5-11-34-19/h4-13,21H,1-3H3,(H,27,31)(H,26,28,29). The molecule has 1 amide bonds. The quantitative estimate of drug-likeness (QED) is 0.428. The van der Waals surface area contributed by atoms with Crippen molar-refractivity contribution in [3.05, 3.63) is 77.1 Å². The molecular weight excluding hydrogens is 452 g/mol. The van der Waals surface area contributed by atoms with E-state index in [1.807, 2.05) is 42.6 Å². The maximum Gasteiger partial charge on any atom is 0.255 e. The summed E-state index contributed by atoms with van der Waals surface area (Å²) >= 11 is 1.55. The van der Waals surface area contributed by atoms with Gasteiger partial charge in [0.15, 0.2) is 5.82 Å². The number of allylic oxidation sites excluding steroid dienone is 1. The third-order valence-corrected chi connectivity index (χ3v) is 6.36. The Morgan fingerprint density at radius 3 is 2.76 bits per heavy atom. The summed E-state index contributed by atoms with van der Waals surface area (Å²) in [7, 11) is 3.19. The van der Waals surface area contributed by atoms with Gasteiger partial charge >= 0.3 is 0 Å². The van der Waals surface area contributed by atoms with Crippen molar-refractivity contribution in [1.82, 2.24) is 19.7 Å². The molecule has 0 aliphatic carbocycles. The van der Waals surface area contributed by atoms with Crippen LogP contribution >= 0.6 is 11.3 Å². The second-order valence-electron chi connectivity index (χ2n) is 7.55. The minimum absolute atomic E-state index is 0.285. The number of pyridine rings is 1. The van der Waals surface area contributed by atoms with Gasteiger partial charge in [-0.25, -0.2) is 4.68 Å². The number of hydrogen-bond donors (Lipinski definition) is 2. The molecule has 0 fully saturated rings. The molecule has 34 heavy (non-hydrogen) atoms. The molecule has 4 aromatic rings. The van der Waals surface area contributed by atoms with Crippen LogP contribution in [0.2, 0.25) is 0 Å². The lowest BCUT2D eigenvalue weighted by atomic mass is 9.94. The Labute approximate surface area is 200 Å². The second-order valence-corrected chi connectivity index (χ2v) is 8.50. The van der Waals surface area contributed by atoms with Crippen molar-refractivity contribution in [2.24, 2.45) is 0 Å². The Kier molecular flexibility index (Phi) is 5.72. The van der Waals surface area contributed by atoms with E-state index in [2.05, 4.69) is 15.6 Å². The third kappa shape index (κ3) is 3.88. The first kappa shape index (κ1) is 21.7. The minimum Gasteiger partial charge on any atom is -0.497 e. The van der Waals surface area contributed by atoms with Crippen molar-refractivity contribution >= 4 is 28.9 Å². The summed E-state index contributed by atoms with van der Waals surface area (Å²) in [6.07, 6.45) is 3.25. The van der Waals surface area contributed by atoms with E-state index in [4.69, 9.17) is 19.6 Å². The summed E-state index contributed by atoms with van der Waals surface area (Å²) in [6, 6.07) is 12.3. The predicted octanol–water partition coefficient (Wildman–Crippen LogP) is 4.35. The molecule has 0 bridgehead atoms. The molecule has 1 aliphatic rings. The molecule has 10 heteroatoms. The fraction of sp³-hybridized carbons (Fsp3) is 0.167. The number of nitrogens with one attached hydrogen (secondary N) is 2. The van der Waals surface area contributed by atoms with Crippen LogP contribution in [-0.2, 0) is 4.79 Å². The average molecular weight is 475 g/mol. The van der Waals surface area contributed by atoms with Gasteiger partial charge in [-0.15, -0.1) is 16.4 Å². The van der Waals surface area contributed by atoms with Gasteiger partial charge in [0.2, 0.25) is 5.95 Å². The van der Waals surface area contributed by atoms with Crippen LogP contribution < -0.4 is 20.1 Å². The molecule has 9 nitrogen and oxygen atoms in total. The van der Waals surface area contributed by atoms with Gasteiger partial charge < -0.3 is 20.1 Å². The largest absolute Gasteiger partial charge is 0.497 e. The monoisotopic (exact) mass is 474 g/mol. The topological polar surface area (TPSA) is 103 Å². The highest BCUT2D eigenvalue weighted by Crippen LogP contribution is 2.41. The molecule has 1 aliphatic heterocycles. The number of carbonyl (C=O) groups is 1. The highest BCUT2D eigenvalue weighted by molar-refractivity contribution is 7.13. The van der Waals surface area contributed by atoms with E-state index in [9.17, 15) is 4.79 Å². The van der Waals surface area contributed by atoms with Crippen molar-refractivity contribution in [3.8, 4) is 22.2 Å². The van der Waals surface area contributed by atoms with E-state index in [1.165, 1.54) is 0 Å². The van der Waals surface area contributed by atoms with Gasteiger partial charge in [0.25, 0.3) is 5.91 Å². The molecule has 0 spiro atoms. The Morgan fingerprint density at radius 1 is 1.18 bits per heavy atom. The van der Waals surface area contributed by atoms with Crippen molar-refractivity contribution in [3.63, 3.8) is 0 Å². The molecular formula is C24H22N6O3S. The molecule has 0 saturated heterocycles. The van der Waals surface area contributed by atoms with Crippen molar-refractivity contribution in [1.29, 1.82) is 0 Å². The lowest BCUT2D eigenvalue weighted by Crippen LogP contribution is -2.31. The number of nitrogens with zero attached hydrogens (tertiary/aromatic N) is 4. The van der Waals surface area contributed by atoms with E-state index in [-0.39, 0.29) is 5.91 Å². The highest BCUT2D eigenvalue weighted by Gasteiger charge is 2.36. The number of amides is 1. The zero-order chi connectivity index (χ0) is 23.7. The van der Waals surface area contributed by atoms with Gasteiger partial charge in [-0.2, -0.15) is 4.98 Å². The maximum atomic E-state index is 13.6. The molecule has 1 atom stereocenters. The zero-order valence-corrected chi connectivity index (χ0v) is 19.6. The Hall–Kier alpha value is -4.18. The first-order valence-electron chi connectivity index (χ1n) is 10.5. The number of hydrogen-bond acceptors (Lipinski definition) is 8. The Balaban J connectivity index is 1.67. The van der Waals surface area contributed by atoms with Crippen LogP contribution in [0.5, 0.6) is 11.5 Å². The molecule has 0 saturated carbocycles. The molecule has 0 radical (unpaired) electrons. The lowest BCUT2D eigenvalue weighted by molar-refractivity contribution is -0.113.